The summed E-state index contributed by atoms with van der Waals surface area (Å²) >= 11 is 1.70. The molecule has 5 rings (SSSR count). The van der Waals surface area contributed by atoms with Crippen molar-refractivity contribution in [2.75, 3.05) is 11.1 Å². The SMILES string of the molecule is CC12CCC(=O)N1C(C(=O)Nc1cccc(-c3nc4ccccc4[nH]3)c1)CS2. The number of carbonyl (C=O) groups excluding carboxylic acids is 2. The Morgan fingerprint density at radius 2 is 2.14 bits per heavy atom. The Labute approximate surface area is 166 Å². The number of anilines is 1. The predicted octanol–water partition coefficient (Wildman–Crippen LogP) is 3.62. The molecular formula is C21H20N4O2S. The van der Waals surface area contributed by atoms with Gasteiger partial charge in [0.05, 0.1) is 15.9 Å². The maximum Gasteiger partial charge on any atom is 0.248 e. The van der Waals surface area contributed by atoms with E-state index in [4.69, 9.17) is 0 Å². The molecule has 0 spiro atoms. The number of hydrogen-bond donors (Lipinski definition) is 2. The fourth-order valence-electron chi connectivity index (χ4n) is 4.07. The van der Waals surface area contributed by atoms with Crippen LogP contribution in [0, 0.1) is 0 Å². The van der Waals surface area contributed by atoms with Gasteiger partial charge in [-0.3, -0.25) is 9.59 Å². The number of H-pyrrole nitrogens is 1. The number of nitrogens with one attached hydrogen (secondary N) is 2. The number of aromatic amines is 1. The van der Waals surface area contributed by atoms with Gasteiger partial charge in [0.25, 0.3) is 0 Å². The quantitative estimate of drug-likeness (QED) is 0.714. The highest BCUT2D eigenvalue weighted by atomic mass is 32.2. The highest BCUT2D eigenvalue weighted by molar-refractivity contribution is 8.01. The van der Waals surface area contributed by atoms with Gasteiger partial charge in [-0.15, -0.1) is 11.8 Å². The summed E-state index contributed by atoms with van der Waals surface area (Å²) in [6, 6.07) is 15.1. The van der Waals surface area contributed by atoms with Gasteiger partial charge in [-0.25, -0.2) is 4.98 Å². The second kappa shape index (κ2) is 6.38. The summed E-state index contributed by atoms with van der Waals surface area (Å²) in [5.74, 6) is 1.34. The third-order valence-electron chi connectivity index (χ3n) is 5.54. The standard InChI is InChI=1S/C21H20N4O2S/c1-21-10-9-18(26)25(21)17(12-28-21)20(27)22-14-6-4-5-13(11-14)19-23-15-7-2-3-8-16(15)24-19/h2-8,11,17H,9-10,12H2,1H3,(H,22,27)(H,23,24). The van der Waals surface area contributed by atoms with Gasteiger partial charge >= 0.3 is 0 Å². The highest BCUT2D eigenvalue weighted by Crippen LogP contribution is 2.47. The summed E-state index contributed by atoms with van der Waals surface area (Å²) in [5, 5.41) is 2.99. The van der Waals surface area contributed by atoms with Gasteiger partial charge < -0.3 is 15.2 Å². The average Bonchev–Trinajstić information content (AvgIpc) is 3.35. The van der Waals surface area contributed by atoms with E-state index in [0.717, 1.165) is 28.8 Å². The van der Waals surface area contributed by atoms with Gasteiger partial charge in [-0.1, -0.05) is 24.3 Å². The van der Waals surface area contributed by atoms with Crippen molar-refractivity contribution < 1.29 is 9.59 Å². The summed E-state index contributed by atoms with van der Waals surface area (Å²) in [6.45, 7) is 2.05. The first kappa shape index (κ1) is 17.3. The second-order valence-corrected chi connectivity index (χ2v) is 8.94. The molecule has 2 atom stereocenters. The lowest BCUT2D eigenvalue weighted by Gasteiger charge is -2.29. The number of benzene rings is 2. The molecule has 2 aliphatic heterocycles. The van der Waals surface area contributed by atoms with Gasteiger partial charge in [0.15, 0.2) is 0 Å². The molecule has 2 unspecified atom stereocenters. The van der Waals surface area contributed by atoms with E-state index in [1.165, 1.54) is 0 Å². The van der Waals surface area contributed by atoms with E-state index >= 15 is 0 Å². The van der Waals surface area contributed by atoms with Crippen LogP contribution in [0.5, 0.6) is 0 Å². The van der Waals surface area contributed by atoms with E-state index in [9.17, 15) is 9.59 Å². The second-order valence-electron chi connectivity index (χ2n) is 7.44. The van der Waals surface area contributed by atoms with Crippen molar-refractivity contribution in [2.45, 2.75) is 30.7 Å². The summed E-state index contributed by atoms with van der Waals surface area (Å²) < 4.78 is 0. The molecule has 7 heteroatoms. The number of nitrogens with zero attached hydrogens (tertiary/aromatic N) is 2. The van der Waals surface area contributed by atoms with Crippen molar-refractivity contribution in [2.24, 2.45) is 0 Å². The van der Waals surface area contributed by atoms with Crippen LogP contribution in [-0.4, -0.2) is 43.3 Å². The van der Waals surface area contributed by atoms with E-state index in [2.05, 4.69) is 22.2 Å². The average molecular weight is 392 g/mol. The van der Waals surface area contributed by atoms with E-state index in [1.54, 1.807) is 16.7 Å². The predicted molar refractivity (Wildman–Crippen MR) is 111 cm³/mol. The van der Waals surface area contributed by atoms with Gasteiger partial charge in [-0.2, -0.15) is 0 Å². The number of rotatable bonds is 3. The minimum Gasteiger partial charge on any atom is -0.338 e. The van der Waals surface area contributed by atoms with Crippen LogP contribution in [0.15, 0.2) is 48.5 Å². The Balaban J connectivity index is 1.38. The van der Waals surface area contributed by atoms with Crippen molar-refractivity contribution >= 4 is 40.3 Å². The molecule has 2 aromatic carbocycles. The number of aromatic nitrogens is 2. The number of amides is 2. The summed E-state index contributed by atoms with van der Waals surface area (Å²) in [5.41, 5.74) is 3.48. The maximum atomic E-state index is 12.9. The van der Waals surface area contributed by atoms with E-state index in [-0.39, 0.29) is 16.7 Å². The van der Waals surface area contributed by atoms with Crippen LogP contribution in [0.1, 0.15) is 19.8 Å². The first-order valence-electron chi connectivity index (χ1n) is 9.36. The van der Waals surface area contributed by atoms with Crippen molar-refractivity contribution in [3.63, 3.8) is 0 Å². The van der Waals surface area contributed by atoms with E-state index in [1.807, 2.05) is 48.5 Å². The van der Waals surface area contributed by atoms with Crippen LogP contribution < -0.4 is 5.32 Å². The topological polar surface area (TPSA) is 78.1 Å². The maximum absolute atomic E-state index is 12.9. The zero-order valence-corrected chi connectivity index (χ0v) is 16.3. The normalized spacial score (nSPS) is 24.0. The minimum absolute atomic E-state index is 0.0728. The summed E-state index contributed by atoms with van der Waals surface area (Å²) in [7, 11) is 0. The smallest absolute Gasteiger partial charge is 0.248 e. The highest BCUT2D eigenvalue weighted by Gasteiger charge is 2.52. The van der Waals surface area contributed by atoms with Gasteiger partial charge in [-0.05, 0) is 37.6 Å². The monoisotopic (exact) mass is 392 g/mol. The summed E-state index contributed by atoms with van der Waals surface area (Å²) in [6.07, 6.45) is 1.33. The number of thioether (sulfide) groups is 1. The minimum atomic E-state index is -0.417. The molecule has 0 saturated carbocycles. The van der Waals surface area contributed by atoms with E-state index < -0.39 is 6.04 Å². The molecule has 3 aromatic rings. The van der Waals surface area contributed by atoms with Gasteiger partial charge in [0.1, 0.15) is 11.9 Å². The number of fused-ring (bicyclic) bond motifs is 2. The third-order valence-corrected chi connectivity index (χ3v) is 7.05. The molecule has 28 heavy (non-hydrogen) atoms. The van der Waals surface area contributed by atoms with Crippen LogP contribution in [0.3, 0.4) is 0 Å². The molecule has 2 saturated heterocycles. The Morgan fingerprint density at radius 1 is 1.29 bits per heavy atom. The fraction of sp³-hybridized carbons (Fsp3) is 0.286. The van der Waals surface area contributed by atoms with Crippen molar-refractivity contribution in [3.05, 3.63) is 48.5 Å². The first-order valence-corrected chi connectivity index (χ1v) is 10.3. The molecule has 0 radical (unpaired) electrons. The lowest BCUT2D eigenvalue weighted by Crippen LogP contribution is -2.48. The molecule has 3 heterocycles. The van der Waals surface area contributed by atoms with Crippen molar-refractivity contribution in [1.82, 2.24) is 14.9 Å². The molecule has 2 N–H and O–H groups in total. The molecule has 0 aliphatic carbocycles. The van der Waals surface area contributed by atoms with Crippen LogP contribution in [0.4, 0.5) is 5.69 Å². The molecule has 0 bridgehead atoms. The van der Waals surface area contributed by atoms with Crippen LogP contribution in [0.2, 0.25) is 0 Å². The molecule has 1 aromatic heterocycles. The molecule has 6 nitrogen and oxygen atoms in total. The molecule has 2 aliphatic rings. The van der Waals surface area contributed by atoms with Gasteiger partial charge in [0.2, 0.25) is 11.8 Å². The number of hydrogen-bond acceptors (Lipinski definition) is 4. The Kier molecular flexibility index (Phi) is 3.94. The van der Waals surface area contributed by atoms with Crippen molar-refractivity contribution in [3.8, 4) is 11.4 Å². The molecule has 2 amide bonds. The number of carbonyl (C=O) groups is 2. The van der Waals surface area contributed by atoms with E-state index in [0.29, 0.717) is 17.9 Å². The Hall–Kier alpha value is -2.80. The zero-order valence-electron chi connectivity index (χ0n) is 15.4. The Bertz CT molecular complexity index is 1060. The van der Waals surface area contributed by atoms with Gasteiger partial charge in [0, 0.05) is 23.4 Å². The summed E-state index contributed by atoms with van der Waals surface area (Å²) in [4.78, 5) is 34.6. The number of para-hydroxylation sites is 2. The fourth-order valence-corrected chi connectivity index (χ4v) is 5.51. The first-order chi connectivity index (χ1) is 13.5. The number of imidazole rings is 1. The Morgan fingerprint density at radius 3 is 3.00 bits per heavy atom. The van der Waals surface area contributed by atoms with Crippen LogP contribution >= 0.6 is 11.8 Å². The largest absolute Gasteiger partial charge is 0.338 e. The molecular weight excluding hydrogens is 372 g/mol. The molecule has 2 fully saturated rings. The van der Waals surface area contributed by atoms with Crippen LogP contribution in [-0.2, 0) is 9.59 Å². The lowest BCUT2D eigenvalue weighted by molar-refractivity contribution is -0.135. The van der Waals surface area contributed by atoms with Crippen molar-refractivity contribution in [1.29, 1.82) is 0 Å². The molecule has 142 valence electrons. The zero-order chi connectivity index (χ0) is 19.3. The van der Waals surface area contributed by atoms with Crippen LogP contribution in [0.25, 0.3) is 22.4 Å². The third kappa shape index (κ3) is 2.77. The lowest BCUT2D eigenvalue weighted by atomic mass is 10.1.